The molecule has 0 spiro atoms. The summed E-state index contributed by atoms with van der Waals surface area (Å²) in [6.45, 7) is 1.10. The Balaban J connectivity index is 1.45. The number of nitrogens with one attached hydrogen (secondary N) is 2. The van der Waals surface area contributed by atoms with Crippen LogP contribution in [0.1, 0.15) is 6.92 Å². The van der Waals surface area contributed by atoms with Crippen molar-refractivity contribution >= 4 is 58.0 Å². The highest BCUT2D eigenvalue weighted by Gasteiger charge is 2.33. The number of anilines is 3. The molecule has 10 heteroatoms. The lowest BCUT2D eigenvalue weighted by Crippen LogP contribution is -2.47. The Morgan fingerprint density at radius 3 is 2.46 bits per heavy atom. The molecule has 180 valence electrons. The van der Waals surface area contributed by atoms with Crippen LogP contribution >= 0.6 is 23.2 Å². The zero-order chi connectivity index (χ0) is 24.9. The van der Waals surface area contributed by atoms with E-state index in [2.05, 4.69) is 10.6 Å². The number of benzene rings is 3. The number of ether oxygens (including phenoxy) is 2. The Morgan fingerprint density at radius 2 is 1.71 bits per heavy atom. The van der Waals surface area contributed by atoms with Crippen LogP contribution in [0.5, 0.6) is 11.5 Å². The molecular weight excluding hydrogens is 493 g/mol. The van der Waals surface area contributed by atoms with Crippen molar-refractivity contribution in [3.8, 4) is 11.5 Å². The summed E-state index contributed by atoms with van der Waals surface area (Å²) in [6.07, 6.45) is -0.759. The topological polar surface area (TPSA) is 97.0 Å². The van der Waals surface area contributed by atoms with Crippen LogP contribution in [-0.4, -0.2) is 37.0 Å². The molecule has 0 aromatic heterocycles. The normalized spacial score (nSPS) is 14.5. The monoisotopic (exact) mass is 513 g/mol. The number of para-hydroxylation sites is 1. The van der Waals surface area contributed by atoms with Crippen molar-refractivity contribution in [3.05, 3.63) is 76.8 Å². The summed E-state index contributed by atoms with van der Waals surface area (Å²) >= 11 is 11.9. The van der Waals surface area contributed by atoms with Gasteiger partial charge in [-0.15, -0.1) is 0 Å². The van der Waals surface area contributed by atoms with Gasteiger partial charge >= 0.3 is 0 Å². The van der Waals surface area contributed by atoms with Crippen LogP contribution in [0.3, 0.4) is 0 Å². The molecule has 0 radical (unpaired) electrons. The molecule has 0 bridgehead atoms. The molecule has 35 heavy (non-hydrogen) atoms. The summed E-state index contributed by atoms with van der Waals surface area (Å²) in [5.41, 5.74) is 1.39. The number of fused-ring (bicyclic) bond motifs is 1. The van der Waals surface area contributed by atoms with Gasteiger partial charge in [-0.3, -0.25) is 19.3 Å². The summed E-state index contributed by atoms with van der Waals surface area (Å²) in [6, 6.07) is 18.5. The maximum absolute atomic E-state index is 12.8. The summed E-state index contributed by atoms with van der Waals surface area (Å²) < 4.78 is 11.1. The lowest BCUT2D eigenvalue weighted by molar-refractivity contribution is -0.127. The number of hydrogen-bond donors (Lipinski definition) is 2. The molecule has 8 nitrogen and oxygen atoms in total. The van der Waals surface area contributed by atoms with Gasteiger partial charge in [0.1, 0.15) is 18.0 Å². The summed E-state index contributed by atoms with van der Waals surface area (Å²) in [7, 11) is 0. The molecule has 1 aliphatic rings. The number of halogens is 2. The first-order valence-electron chi connectivity index (χ1n) is 10.6. The van der Waals surface area contributed by atoms with Gasteiger partial charge in [0.15, 0.2) is 12.7 Å². The van der Waals surface area contributed by atoms with Crippen molar-refractivity contribution in [1.82, 2.24) is 0 Å². The van der Waals surface area contributed by atoms with E-state index in [0.717, 1.165) is 0 Å². The van der Waals surface area contributed by atoms with E-state index >= 15 is 0 Å². The predicted octanol–water partition coefficient (Wildman–Crippen LogP) is 4.76. The Morgan fingerprint density at radius 1 is 0.971 bits per heavy atom. The third kappa shape index (κ3) is 6.03. The number of nitrogens with zero attached hydrogens (tertiary/aromatic N) is 1. The van der Waals surface area contributed by atoms with Crippen molar-refractivity contribution in [2.45, 2.75) is 13.0 Å². The van der Waals surface area contributed by atoms with Crippen LogP contribution < -0.4 is 25.0 Å². The third-order valence-electron chi connectivity index (χ3n) is 5.06. The fraction of sp³-hybridized carbons (Fsp3) is 0.160. The molecule has 1 atom stereocenters. The van der Waals surface area contributed by atoms with Crippen molar-refractivity contribution in [2.24, 2.45) is 0 Å². The number of hydrogen-bond acceptors (Lipinski definition) is 5. The molecule has 1 heterocycles. The van der Waals surface area contributed by atoms with Crippen LogP contribution in [0.4, 0.5) is 17.1 Å². The molecule has 3 aromatic carbocycles. The van der Waals surface area contributed by atoms with Crippen LogP contribution in [0, 0.1) is 0 Å². The second kappa shape index (κ2) is 10.7. The van der Waals surface area contributed by atoms with E-state index in [1.54, 1.807) is 61.5 Å². The average molecular weight is 514 g/mol. The molecule has 0 aliphatic carbocycles. The van der Waals surface area contributed by atoms with E-state index in [4.69, 9.17) is 32.7 Å². The quantitative estimate of drug-likeness (QED) is 0.474. The molecule has 0 fully saturated rings. The van der Waals surface area contributed by atoms with Gasteiger partial charge in [-0.1, -0.05) is 41.4 Å². The first kappa shape index (κ1) is 24.4. The second-order valence-corrected chi connectivity index (χ2v) is 8.54. The molecule has 3 aromatic rings. The molecule has 2 N–H and O–H groups in total. The van der Waals surface area contributed by atoms with Crippen molar-refractivity contribution < 1.29 is 23.9 Å². The Labute approximate surface area is 211 Å². The molecule has 0 saturated heterocycles. The first-order chi connectivity index (χ1) is 16.8. The summed E-state index contributed by atoms with van der Waals surface area (Å²) in [5.74, 6) is -0.440. The number of carbonyl (C=O) groups excluding carboxylic acids is 3. The van der Waals surface area contributed by atoms with E-state index < -0.39 is 12.0 Å². The third-order valence-corrected chi connectivity index (χ3v) is 5.59. The Bertz CT molecular complexity index is 1270. The minimum Gasteiger partial charge on any atom is -0.482 e. The Kier molecular flexibility index (Phi) is 7.43. The van der Waals surface area contributed by atoms with E-state index in [1.165, 1.54) is 11.0 Å². The molecule has 3 amide bonds. The van der Waals surface area contributed by atoms with E-state index in [-0.39, 0.29) is 30.0 Å². The highest BCUT2D eigenvalue weighted by atomic mass is 35.5. The molecule has 4 rings (SSSR count). The first-order valence-corrected chi connectivity index (χ1v) is 11.4. The lowest BCUT2D eigenvalue weighted by Gasteiger charge is -2.33. The molecule has 0 saturated carbocycles. The zero-order valence-corrected chi connectivity index (χ0v) is 20.1. The maximum Gasteiger partial charge on any atom is 0.268 e. The van der Waals surface area contributed by atoms with Gasteiger partial charge in [0, 0.05) is 16.4 Å². The smallest absolute Gasteiger partial charge is 0.268 e. The fourth-order valence-electron chi connectivity index (χ4n) is 3.45. The Hall–Kier alpha value is -3.75. The van der Waals surface area contributed by atoms with Gasteiger partial charge in [-0.05, 0) is 55.5 Å². The summed E-state index contributed by atoms with van der Waals surface area (Å²) in [4.78, 5) is 39.2. The minimum atomic E-state index is -0.759. The lowest BCUT2D eigenvalue weighted by atomic mass is 10.1. The van der Waals surface area contributed by atoms with Gasteiger partial charge in [-0.2, -0.15) is 0 Å². The van der Waals surface area contributed by atoms with Gasteiger partial charge < -0.3 is 20.1 Å². The van der Waals surface area contributed by atoms with Gasteiger partial charge in [0.25, 0.3) is 11.8 Å². The zero-order valence-electron chi connectivity index (χ0n) is 18.6. The van der Waals surface area contributed by atoms with E-state index in [0.29, 0.717) is 33.6 Å². The van der Waals surface area contributed by atoms with Crippen molar-refractivity contribution in [3.63, 3.8) is 0 Å². The highest BCUT2D eigenvalue weighted by Crippen LogP contribution is 2.36. The largest absolute Gasteiger partial charge is 0.482 e. The SMILES string of the molecule is CC1Oc2ccc(NC(=O)COc3ccc(Cl)cc3Cl)cc2N(CC(=O)Nc2ccccc2)C1=O. The minimum absolute atomic E-state index is 0.218. The fourth-order valence-corrected chi connectivity index (χ4v) is 3.91. The number of rotatable bonds is 7. The second-order valence-electron chi connectivity index (χ2n) is 7.69. The van der Waals surface area contributed by atoms with Crippen molar-refractivity contribution in [2.75, 3.05) is 28.7 Å². The van der Waals surface area contributed by atoms with Crippen LogP contribution in [0.25, 0.3) is 0 Å². The van der Waals surface area contributed by atoms with Gasteiger partial charge in [0.2, 0.25) is 5.91 Å². The van der Waals surface area contributed by atoms with E-state index in [9.17, 15) is 14.4 Å². The van der Waals surface area contributed by atoms with Crippen LogP contribution in [0.2, 0.25) is 10.0 Å². The van der Waals surface area contributed by atoms with Crippen LogP contribution in [0.15, 0.2) is 66.7 Å². The van der Waals surface area contributed by atoms with Gasteiger partial charge in [0.05, 0.1) is 10.7 Å². The van der Waals surface area contributed by atoms with E-state index in [1.807, 2.05) is 6.07 Å². The number of amides is 3. The summed E-state index contributed by atoms with van der Waals surface area (Å²) in [5, 5.41) is 6.21. The molecule has 1 unspecified atom stereocenters. The average Bonchev–Trinajstić information content (AvgIpc) is 2.82. The number of carbonyl (C=O) groups is 3. The highest BCUT2D eigenvalue weighted by molar-refractivity contribution is 6.35. The van der Waals surface area contributed by atoms with Crippen LogP contribution in [-0.2, 0) is 14.4 Å². The standard InChI is InChI=1S/C25H21Cl2N3O5/c1-15-25(33)30(13-23(31)28-17-5-3-2-4-6-17)20-12-18(8-10-22(20)35-15)29-24(32)14-34-21-9-7-16(26)11-19(21)27/h2-12,15H,13-14H2,1H3,(H,28,31)(H,29,32). The molecule has 1 aliphatic heterocycles. The predicted molar refractivity (Wildman–Crippen MR) is 135 cm³/mol. The molecular formula is C25H21Cl2N3O5. The van der Waals surface area contributed by atoms with Crippen molar-refractivity contribution in [1.29, 1.82) is 0 Å². The maximum atomic E-state index is 12.8. The van der Waals surface area contributed by atoms with Gasteiger partial charge in [-0.25, -0.2) is 0 Å².